The van der Waals surface area contributed by atoms with Gasteiger partial charge in [-0.05, 0) is 37.3 Å². The van der Waals surface area contributed by atoms with Gasteiger partial charge in [-0.1, -0.05) is 35.3 Å². The Hall–Kier alpha value is -2.02. The summed E-state index contributed by atoms with van der Waals surface area (Å²) < 4.78 is 5.36. The molecule has 0 aliphatic heterocycles. The molecule has 3 rings (SSSR count). The molecule has 1 heterocycles. The normalized spacial score (nSPS) is 12.1. The van der Waals surface area contributed by atoms with Gasteiger partial charge in [0.15, 0.2) is 11.9 Å². The number of H-pyrrole nitrogens is 1. The summed E-state index contributed by atoms with van der Waals surface area (Å²) >= 11 is 13.2. The van der Waals surface area contributed by atoms with Crippen LogP contribution >= 0.6 is 35.0 Å². The molecule has 0 fully saturated rings. The highest BCUT2D eigenvalue weighted by Gasteiger charge is 2.16. The maximum Gasteiger partial charge on any atom is 0.316 e. The van der Waals surface area contributed by atoms with Crippen molar-refractivity contribution in [1.29, 1.82) is 0 Å². The van der Waals surface area contributed by atoms with Crippen LogP contribution in [0.15, 0.2) is 52.2 Å². The lowest BCUT2D eigenvalue weighted by molar-refractivity contribution is -0.145. The molecule has 134 valence electrons. The maximum absolute atomic E-state index is 12.1. The quantitative estimate of drug-likeness (QED) is 0.492. The Balaban J connectivity index is 1.67. The summed E-state index contributed by atoms with van der Waals surface area (Å²) in [5, 5.41) is 1.54. The number of para-hydroxylation sites is 1. The Bertz CT molecular complexity index is 1020. The van der Waals surface area contributed by atoms with Crippen LogP contribution in [0.2, 0.25) is 10.0 Å². The van der Waals surface area contributed by atoms with Gasteiger partial charge < -0.3 is 9.72 Å². The van der Waals surface area contributed by atoms with Crippen molar-refractivity contribution in [3.05, 3.63) is 68.7 Å². The minimum atomic E-state index is -0.685. The number of ether oxygens (including phenoxy) is 1. The van der Waals surface area contributed by atoms with Crippen molar-refractivity contribution in [2.45, 2.75) is 17.9 Å². The van der Waals surface area contributed by atoms with E-state index >= 15 is 0 Å². The SMILES string of the molecule is C[C@H](OC(=O)CSc1cc(Cl)ccc1Cl)c1nc2ccccc2c(=O)[nH]1. The van der Waals surface area contributed by atoms with Crippen molar-refractivity contribution in [3.63, 3.8) is 0 Å². The van der Waals surface area contributed by atoms with Gasteiger partial charge in [0.25, 0.3) is 5.56 Å². The number of benzene rings is 2. The lowest BCUT2D eigenvalue weighted by Crippen LogP contribution is -2.18. The molecule has 2 aromatic carbocycles. The molecule has 0 unspecified atom stereocenters. The van der Waals surface area contributed by atoms with E-state index in [0.29, 0.717) is 31.7 Å². The molecule has 26 heavy (non-hydrogen) atoms. The zero-order valence-electron chi connectivity index (χ0n) is 13.7. The van der Waals surface area contributed by atoms with Crippen LogP contribution in [0.3, 0.4) is 0 Å². The maximum atomic E-state index is 12.1. The van der Waals surface area contributed by atoms with E-state index in [-0.39, 0.29) is 11.3 Å². The van der Waals surface area contributed by atoms with Crippen LogP contribution in [0.5, 0.6) is 0 Å². The molecule has 0 amide bonds. The zero-order chi connectivity index (χ0) is 18.7. The van der Waals surface area contributed by atoms with Crippen LogP contribution < -0.4 is 5.56 Å². The van der Waals surface area contributed by atoms with Crippen LogP contribution in [0, 0.1) is 0 Å². The highest BCUT2D eigenvalue weighted by molar-refractivity contribution is 8.00. The van der Waals surface area contributed by atoms with Gasteiger partial charge in [0, 0.05) is 9.92 Å². The van der Waals surface area contributed by atoms with E-state index in [1.165, 1.54) is 11.8 Å². The number of halogens is 2. The van der Waals surface area contributed by atoms with Gasteiger partial charge >= 0.3 is 5.97 Å². The van der Waals surface area contributed by atoms with Gasteiger partial charge in [-0.2, -0.15) is 0 Å². The van der Waals surface area contributed by atoms with Crippen molar-refractivity contribution >= 4 is 51.8 Å². The summed E-state index contributed by atoms with van der Waals surface area (Å²) in [5.74, 6) is -0.0930. The first kappa shape index (κ1) is 18.8. The molecule has 0 aliphatic carbocycles. The average molecular weight is 409 g/mol. The number of fused-ring (bicyclic) bond motifs is 1. The largest absolute Gasteiger partial charge is 0.454 e. The molecule has 3 aromatic rings. The topological polar surface area (TPSA) is 72.0 Å². The van der Waals surface area contributed by atoms with E-state index in [4.69, 9.17) is 27.9 Å². The Morgan fingerprint density at radius 2 is 2.04 bits per heavy atom. The second kappa shape index (κ2) is 8.12. The first-order chi connectivity index (χ1) is 12.4. The molecule has 0 saturated carbocycles. The summed E-state index contributed by atoms with van der Waals surface area (Å²) in [4.78, 5) is 31.9. The summed E-state index contributed by atoms with van der Waals surface area (Å²) in [7, 11) is 0. The number of nitrogens with one attached hydrogen (secondary N) is 1. The molecular weight excluding hydrogens is 395 g/mol. The predicted octanol–water partition coefficient (Wildman–Crippen LogP) is 4.63. The van der Waals surface area contributed by atoms with Crippen molar-refractivity contribution in [3.8, 4) is 0 Å². The third-order valence-electron chi connectivity index (χ3n) is 3.56. The summed E-state index contributed by atoms with van der Waals surface area (Å²) in [5.41, 5.74) is 0.280. The van der Waals surface area contributed by atoms with E-state index in [1.54, 1.807) is 49.4 Å². The summed E-state index contributed by atoms with van der Waals surface area (Å²) in [6.45, 7) is 1.65. The minimum absolute atomic E-state index is 0.0578. The number of aromatic nitrogens is 2. The van der Waals surface area contributed by atoms with Crippen molar-refractivity contribution < 1.29 is 9.53 Å². The van der Waals surface area contributed by atoms with Crippen LogP contribution in [0.4, 0.5) is 0 Å². The molecule has 0 aliphatic rings. The van der Waals surface area contributed by atoms with Crippen LogP contribution in [0.1, 0.15) is 18.9 Å². The molecule has 0 saturated heterocycles. The van der Waals surface area contributed by atoms with Gasteiger partial charge in [-0.3, -0.25) is 9.59 Å². The lowest BCUT2D eigenvalue weighted by atomic mass is 10.2. The molecule has 1 aromatic heterocycles. The number of hydrogen-bond donors (Lipinski definition) is 1. The minimum Gasteiger partial charge on any atom is -0.454 e. The van der Waals surface area contributed by atoms with Gasteiger partial charge in [-0.25, -0.2) is 4.98 Å². The fourth-order valence-corrected chi connectivity index (χ4v) is 3.58. The van der Waals surface area contributed by atoms with Crippen molar-refractivity contribution in [2.75, 3.05) is 5.75 Å². The number of aromatic amines is 1. The Labute approximate surface area is 163 Å². The van der Waals surface area contributed by atoms with Gasteiger partial charge in [0.05, 0.1) is 21.7 Å². The molecule has 1 N–H and O–H groups in total. The molecule has 0 spiro atoms. The van der Waals surface area contributed by atoms with Crippen LogP contribution in [0.25, 0.3) is 10.9 Å². The van der Waals surface area contributed by atoms with Crippen LogP contribution in [-0.4, -0.2) is 21.7 Å². The third kappa shape index (κ3) is 4.38. The number of carbonyl (C=O) groups excluding carboxylic acids is 1. The van der Waals surface area contributed by atoms with Gasteiger partial charge in [0.2, 0.25) is 0 Å². The molecule has 1 atom stereocenters. The van der Waals surface area contributed by atoms with E-state index in [0.717, 1.165) is 0 Å². The standard InChI is InChI=1S/C18H14Cl2N2O3S/c1-10(17-21-14-5-3-2-4-12(14)18(24)22-17)25-16(23)9-26-15-8-11(19)6-7-13(15)20/h2-8,10H,9H2,1H3,(H,21,22,24)/t10-/m0/s1. The number of nitrogens with zero attached hydrogens (tertiary/aromatic N) is 1. The Kier molecular flexibility index (Phi) is 5.86. The van der Waals surface area contributed by atoms with Crippen LogP contribution in [-0.2, 0) is 9.53 Å². The van der Waals surface area contributed by atoms with E-state index in [2.05, 4.69) is 9.97 Å². The smallest absolute Gasteiger partial charge is 0.316 e. The molecular formula is C18H14Cl2N2O3S. The number of carbonyl (C=O) groups is 1. The van der Waals surface area contributed by atoms with Gasteiger partial charge in [0.1, 0.15) is 0 Å². The first-order valence-electron chi connectivity index (χ1n) is 7.70. The monoisotopic (exact) mass is 408 g/mol. The molecule has 0 radical (unpaired) electrons. The Morgan fingerprint density at radius 3 is 2.85 bits per heavy atom. The molecule has 8 heteroatoms. The van der Waals surface area contributed by atoms with Crippen molar-refractivity contribution in [2.24, 2.45) is 0 Å². The fourth-order valence-electron chi connectivity index (χ4n) is 2.31. The lowest BCUT2D eigenvalue weighted by Gasteiger charge is -2.13. The van der Waals surface area contributed by atoms with E-state index in [9.17, 15) is 9.59 Å². The number of esters is 1. The summed E-state index contributed by atoms with van der Waals surface area (Å²) in [6.07, 6.45) is -0.685. The third-order valence-corrected chi connectivity index (χ3v) is 5.27. The summed E-state index contributed by atoms with van der Waals surface area (Å²) in [6, 6.07) is 12.0. The second-order valence-corrected chi connectivity index (χ2v) is 7.32. The number of hydrogen-bond acceptors (Lipinski definition) is 5. The fraction of sp³-hybridized carbons (Fsp3) is 0.167. The highest BCUT2D eigenvalue weighted by Crippen LogP contribution is 2.30. The molecule has 0 bridgehead atoms. The molecule has 5 nitrogen and oxygen atoms in total. The van der Waals surface area contributed by atoms with E-state index < -0.39 is 12.1 Å². The van der Waals surface area contributed by atoms with E-state index in [1.807, 2.05) is 0 Å². The zero-order valence-corrected chi connectivity index (χ0v) is 16.0. The predicted molar refractivity (Wildman–Crippen MR) is 104 cm³/mol. The van der Waals surface area contributed by atoms with Crippen molar-refractivity contribution in [1.82, 2.24) is 9.97 Å². The first-order valence-corrected chi connectivity index (χ1v) is 9.44. The Morgan fingerprint density at radius 1 is 1.27 bits per heavy atom. The average Bonchev–Trinajstić information content (AvgIpc) is 2.62. The van der Waals surface area contributed by atoms with Gasteiger partial charge in [-0.15, -0.1) is 11.8 Å². The number of rotatable bonds is 5. The number of thioether (sulfide) groups is 1. The highest BCUT2D eigenvalue weighted by atomic mass is 35.5. The second-order valence-electron chi connectivity index (χ2n) is 5.46.